The Morgan fingerprint density at radius 2 is 1.76 bits per heavy atom. The Morgan fingerprint density at radius 1 is 1.03 bits per heavy atom. The lowest BCUT2D eigenvalue weighted by molar-refractivity contribution is 0.0993. The molecule has 178 valence electrons. The van der Waals surface area contributed by atoms with Crippen molar-refractivity contribution >= 4 is 22.5 Å². The lowest BCUT2D eigenvalue weighted by atomic mass is 9.73. The maximum absolute atomic E-state index is 13.6. The largest absolute Gasteiger partial charge is 0.317 e. The highest BCUT2D eigenvalue weighted by Gasteiger charge is 2.31. The van der Waals surface area contributed by atoms with Gasteiger partial charge in [-0.3, -0.25) is 9.59 Å². The van der Waals surface area contributed by atoms with Crippen molar-refractivity contribution in [3.05, 3.63) is 75.1 Å². The summed E-state index contributed by atoms with van der Waals surface area (Å²) < 4.78 is 1.81. The van der Waals surface area contributed by atoms with Crippen LogP contribution in [-0.2, 0) is 24.8 Å². The van der Waals surface area contributed by atoms with Crippen LogP contribution in [-0.4, -0.2) is 30.6 Å². The first-order valence-electron chi connectivity index (χ1n) is 12.7. The van der Waals surface area contributed by atoms with E-state index in [1.165, 1.54) is 24.0 Å². The summed E-state index contributed by atoms with van der Waals surface area (Å²) in [6, 6.07) is 14.1. The molecular weight excluding hydrogens is 422 g/mol. The van der Waals surface area contributed by atoms with E-state index in [0.717, 1.165) is 60.9 Å². The van der Waals surface area contributed by atoms with E-state index in [9.17, 15) is 9.59 Å². The molecule has 1 aromatic heterocycles. The molecule has 1 amide bonds. The fraction of sp³-hybridized carbons (Fsp3) is 0.448. The summed E-state index contributed by atoms with van der Waals surface area (Å²) in [5.74, 6) is -0.0201. The summed E-state index contributed by atoms with van der Waals surface area (Å²) in [6.07, 6.45) is 6.64. The molecule has 0 unspecified atom stereocenters. The lowest BCUT2D eigenvalue weighted by Crippen LogP contribution is -2.39. The number of aromatic nitrogens is 1. The Labute approximate surface area is 201 Å². The molecule has 1 N–H and O–H groups in total. The molecule has 5 rings (SSSR count). The summed E-state index contributed by atoms with van der Waals surface area (Å²) in [7, 11) is 1.86. The zero-order chi connectivity index (χ0) is 23.9. The van der Waals surface area contributed by atoms with Crippen LogP contribution in [0.15, 0.2) is 47.3 Å². The smallest absolute Gasteiger partial charge is 0.258 e. The van der Waals surface area contributed by atoms with E-state index in [0.29, 0.717) is 12.1 Å². The first-order valence-corrected chi connectivity index (χ1v) is 12.7. The minimum atomic E-state index is -0.0818. The van der Waals surface area contributed by atoms with Crippen LogP contribution < -0.4 is 15.8 Å². The molecule has 0 saturated carbocycles. The molecular formula is C29H35N3O2. The van der Waals surface area contributed by atoms with E-state index in [-0.39, 0.29) is 16.9 Å². The fourth-order valence-corrected chi connectivity index (χ4v) is 5.83. The van der Waals surface area contributed by atoms with Gasteiger partial charge in [0.1, 0.15) is 0 Å². The summed E-state index contributed by atoms with van der Waals surface area (Å²) in [6.45, 7) is 6.74. The highest BCUT2D eigenvalue weighted by molar-refractivity contribution is 6.07. The second-order valence-corrected chi connectivity index (χ2v) is 10.2. The first-order chi connectivity index (χ1) is 16.4. The van der Waals surface area contributed by atoms with E-state index in [1.807, 2.05) is 42.8 Å². The Hall–Kier alpha value is -2.92. The van der Waals surface area contributed by atoms with Gasteiger partial charge in [-0.2, -0.15) is 0 Å². The van der Waals surface area contributed by atoms with Crippen LogP contribution in [0.2, 0.25) is 0 Å². The molecule has 0 radical (unpaired) electrons. The molecule has 0 atom stereocenters. The van der Waals surface area contributed by atoms with Gasteiger partial charge in [-0.05, 0) is 111 Å². The molecule has 1 fully saturated rings. The van der Waals surface area contributed by atoms with Crippen LogP contribution in [0.3, 0.4) is 0 Å². The number of piperidine rings is 1. The number of anilines is 1. The number of benzene rings is 2. The van der Waals surface area contributed by atoms with Crippen LogP contribution in [0.4, 0.5) is 5.69 Å². The Balaban J connectivity index is 1.57. The zero-order valence-corrected chi connectivity index (χ0v) is 20.6. The number of pyridine rings is 1. The van der Waals surface area contributed by atoms with Crippen LogP contribution in [0.5, 0.6) is 0 Å². The average Bonchev–Trinajstić information content (AvgIpc) is 2.87. The number of amides is 1. The fourth-order valence-electron chi connectivity index (χ4n) is 5.83. The molecule has 2 heterocycles. The monoisotopic (exact) mass is 457 g/mol. The second kappa shape index (κ2) is 9.03. The van der Waals surface area contributed by atoms with Crippen molar-refractivity contribution in [1.29, 1.82) is 0 Å². The summed E-state index contributed by atoms with van der Waals surface area (Å²) in [4.78, 5) is 28.3. The van der Waals surface area contributed by atoms with Gasteiger partial charge in [0.15, 0.2) is 0 Å². The second-order valence-electron chi connectivity index (χ2n) is 10.2. The summed E-state index contributed by atoms with van der Waals surface area (Å²) >= 11 is 0. The molecule has 1 aliphatic carbocycles. The number of nitrogens with one attached hydrogen (secondary N) is 1. The quantitative estimate of drug-likeness (QED) is 0.611. The summed E-state index contributed by atoms with van der Waals surface area (Å²) in [5.41, 5.74) is 6.33. The minimum Gasteiger partial charge on any atom is -0.317 e. The van der Waals surface area contributed by atoms with Crippen molar-refractivity contribution in [2.24, 2.45) is 0 Å². The third-order valence-electron chi connectivity index (χ3n) is 8.06. The highest BCUT2D eigenvalue weighted by Crippen LogP contribution is 2.37. The third-order valence-corrected chi connectivity index (χ3v) is 8.06. The van der Waals surface area contributed by atoms with E-state index >= 15 is 0 Å². The van der Waals surface area contributed by atoms with Crippen molar-refractivity contribution in [2.45, 2.75) is 64.3 Å². The minimum absolute atomic E-state index is 0.0201. The third kappa shape index (κ3) is 3.96. The number of rotatable bonds is 4. The summed E-state index contributed by atoms with van der Waals surface area (Å²) in [5, 5.41) is 4.46. The molecule has 1 aliphatic heterocycles. The highest BCUT2D eigenvalue weighted by atomic mass is 16.2. The Kier molecular flexibility index (Phi) is 6.07. The predicted molar refractivity (Wildman–Crippen MR) is 139 cm³/mol. The van der Waals surface area contributed by atoms with Gasteiger partial charge in [0.25, 0.3) is 11.5 Å². The number of hydrogen-bond acceptors (Lipinski definition) is 3. The maximum Gasteiger partial charge on any atom is 0.258 e. The van der Waals surface area contributed by atoms with Crippen molar-refractivity contribution in [3.8, 4) is 0 Å². The SMILES string of the molecule is CCn1c(=O)cc(C2(C)CCNCC2)c2cc(C(=O)N(C)c3ccc4c(c3)CCCC4)ccc21. The Morgan fingerprint density at radius 3 is 2.50 bits per heavy atom. The zero-order valence-electron chi connectivity index (χ0n) is 20.6. The van der Waals surface area contributed by atoms with E-state index in [4.69, 9.17) is 0 Å². The standard InChI is InChI=1S/C29H35N3O2/c1-4-32-26-12-10-22(18-24(26)25(19-27(32)33)29(2)13-15-30-16-14-29)28(34)31(3)23-11-9-20-7-5-6-8-21(20)17-23/h9-12,17-19,30H,4-8,13-16H2,1-3H3. The van der Waals surface area contributed by atoms with Gasteiger partial charge >= 0.3 is 0 Å². The molecule has 5 nitrogen and oxygen atoms in total. The van der Waals surface area contributed by atoms with E-state index in [2.05, 4.69) is 30.4 Å². The number of carbonyl (C=O) groups excluding carboxylic acids is 1. The van der Waals surface area contributed by atoms with Crippen molar-refractivity contribution in [1.82, 2.24) is 9.88 Å². The van der Waals surface area contributed by atoms with Crippen LogP contribution in [0.1, 0.15) is 66.6 Å². The number of hydrogen-bond donors (Lipinski definition) is 1. The van der Waals surface area contributed by atoms with Crippen molar-refractivity contribution in [2.75, 3.05) is 25.0 Å². The number of aryl methyl sites for hydroxylation is 3. The topological polar surface area (TPSA) is 54.3 Å². The van der Waals surface area contributed by atoms with Gasteiger partial charge in [0.05, 0.1) is 5.52 Å². The van der Waals surface area contributed by atoms with Crippen LogP contribution >= 0.6 is 0 Å². The molecule has 2 aliphatic rings. The van der Waals surface area contributed by atoms with Crippen molar-refractivity contribution in [3.63, 3.8) is 0 Å². The van der Waals surface area contributed by atoms with Crippen molar-refractivity contribution < 1.29 is 4.79 Å². The lowest BCUT2D eigenvalue weighted by Gasteiger charge is -2.35. The number of fused-ring (bicyclic) bond motifs is 2. The normalized spacial score (nSPS) is 17.4. The van der Waals surface area contributed by atoms with Gasteiger partial charge in [-0.25, -0.2) is 0 Å². The van der Waals surface area contributed by atoms with Gasteiger partial charge in [0.2, 0.25) is 0 Å². The number of carbonyl (C=O) groups is 1. The Bertz CT molecular complexity index is 1300. The molecule has 0 bridgehead atoms. The molecule has 1 saturated heterocycles. The van der Waals surface area contributed by atoms with Gasteiger partial charge in [0, 0.05) is 36.3 Å². The molecule has 5 heteroatoms. The van der Waals surface area contributed by atoms with Gasteiger partial charge in [-0.15, -0.1) is 0 Å². The molecule has 2 aromatic carbocycles. The molecule has 0 spiro atoms. The molecule has 34 heavy (non-hydrogen) atoms. The average molecular weight is 458 g/mol. The van der Waals surface area contributed by atoms with Crippen LogP contribution in [0.25, 0.3) is 10.9 Å². The first kappa shape index (κ1) is 22.9. The van der Waals surface area contributed by atoms with Gasteiger partial charge < -0.3 is 14.8 Å². The maximum atomic E-state index is 13.6. The van der Waals surface area contributed by atoms with Gasteiger partial charge in [-0.1, -0.05) is 13.0 Å². The van der Waals surface area contributed by atoms with E-state index < -0.39 is 0 Å². The molecule has 3 aromatic rings. The number of nitrogens with zero attached hydrogens (tertiary/aromatic N) is 2. The van der Waals surface area contributed by atoms with E-state index in [1.54, 1.807) is 4.90 Å². The predicted octanol–water partition coefficient (Wildman–Crippen LogP) is 4.82. The van der Waals surface area contributed by atoms with Crippen LogP contribution in [0, 0.1) is 0 Å².